The molecule has 0 aliphatic heterocycles. The largest absolute Gasteiger partial charge is 0.383 e. The fourth-order valence-corrected chi connectivity index (χ4v) is 2.78. The molecule has 3 rings (SSSR count). The van der Waals surface area contributed by atoms with Gasteiger partial charge in [-0.15, -0.1) is 0 Å². The van der Waals surface area contributed by atoms with Gasteiger partial charge in [-0.1, -0.05) is 6.07 Å². The van der Waals surface area contributed by atoms with Crippen LogP contribution in [-0.2, 0) is 11.3 Å². The van der Waals surface area contributed by atoms with E-state index < -0.39 is 0 Å². The number of pyridine rings is 1. The third kappa shape index (κ3) is 3.37. The molecule has 0 aliphatic carbocycles. The first-order valence-corrected chi connectivity index (χ1v) is 7.77. The standard InChI is InChI=1S/C17H21N5O2/c1-12-8-16-19-13(9-17(23)22(16)20-12)10-21(2)15(11-24-3)14-6-4-5-7-18-14/h4-9,15,20H,10-11H2,1-3H3. The van der Waals surface area contributed by atoms with E-state index in [1.54, 1.807) is 19.4 Å². The molecule has 0 aliphatic rings. The third-order valence-electron chi connectivity index (χ3n) is 3.93. The Hall–Kier alpha value is -2.51. The number of nitrogens with zero attached hydrogens (tertiary/aromatic N) is 4. The Labute approximate surface area is 139 Å². The van der Waals surface area contributed by atoms with Gasteiger partial charge in [0.05, 0.1) is 24.0 Å². The number of H-pyrrole nitrogens is 1. The number of methoxy groups -OCH3 is 1. The van der Waals surface area contributed by atoms with E-state index in [4.69, 9.17) is 4.74 Å². The van der Waals surface area contributed by atoms with Gasteiger partial charge >= 0.3 is 0 Å². The van der Waals surface area contributed by atoms with Crippen LogP contribution >= 0.6 is 0 Å². The summed E-state index contributed by atoms with van der Waals surface area (Å²) in [4.78, 5) is 23.3. The predicted molar refractivity (Wildman–Crippen MR) is 90.9 cm³/mol. The minimum absolute atomic E-state index is 0.00980. The van der Waals surface area contributed by atoms with E-state index in [9.17, 15) is 4.79 Å². The molecule has 0 aromatic carbocycles. The number of aryl methyl sites for hydroxylation is 1. The first-order chi connectivity index (χ1) is 11.6. The first-order valence-electron chi connectivity index (χ1n) is 7.77. The Kier molecular flexibility index (Phi) is 4.73. The van der Waals surface area contributed by atoms with Crippen LogP contribution in [0.15, 0.2) is 41.3 Å². The van der Waals surface area contributed by atoms with Gasteiger partial charge in [0.2, 0.25) is 0 Å². The average Bonchev–Trinajstić information content (AvgIpc) is 2.94. The Balaban J connectivity index is 1.87. The molecule has 7 heteroatoms. The lowest BCUT2D eigenvalue weighted by Crippen LogP contribution is -2.29. The van der Waals surface area contributed by atoms with Gasteiger partial charge in [0.1, 0.15) is 0 Å². The lowest BCUT2D eigenvalue weighted by Gasteiger charge is -2.26. The molecule has 24 heavy (non-hydrogen) atoms. The number of aromatic nitrogens is 4. The highest BCUT2D eigenvalue weighted by molar-refractivity contribution is 5.39. The second-order valence-corrected chi connectivity index (χ2v) is 5.86. The lowest BCUT2D eigenvalue weighted by molar-refractivity contribution is 0.0993. The Morgan fingerprint density at radius 1 is 1.38 bits per heavy atom. The predicted octanol–water partition coefficient (Wildman–Crippen LogP) is 1.55. The molecule has 0 radical (unpaired) electrons. The maximum Gasteiger partial charge on any atom is 0.272 e. The molecule has 0 amide bonds. The third-order valence-corrected chi connectivity index (χ3v) is 3.93. The van der Waals surface area contributed by atoms with Crippen LogP contribution in [-0.4, -0.2) is 45.2 Å². The molecule has 3 aromatic heterocycles. The topological polar surface area (TPSA) is 75.5 Å². The van der Waals surface area contributed by atoms with Gasteiger partial charge in [-0.3, -0.25) is 19.8 Å². The minimum atomic E-state index is -0.113. The molecule has 0 saturated heterocycles. The summed E-state index contributed by atoms with van der Waals surface area (Å²) in [6.07, 6.45) is 1.77. The number of rotatable bonds is 6. The van der Waals surface area contributed by atoms with E-state index in [1.165, 1.54) is 4.52 Å². The van der Waals surface area contributed by atoms with Crippen LogP contribution in [0.4, 0.5) is 0 Å². The Bertz CT molecular complexity index is 872. The van der Waals surface area contributed by atoms with Crippen molar-refractivity contribution in [1.82, 2.24) is 24.5 Å². The zero-order valence-corrected chi connectivity index (χ0v) is 14.1. The molecule has 1 unspecified atom stereocenters. The van der Waals surface area contributed by atoms with Crippen LogP contribution in [0.25, 0.3) is 5.65 Å². The van der Waals surface area contributed by atoms with Gasteiger partial charge in [0, 0.05) is 37.7 Å². The smallest absolute Gasteiger partial charge is 0.272 e. The van der Waals surface area contributed by atoms with Crippen molar-refractivity contribution in [2.24, 2.45) is 0 Å². The summed E-state index contributed by atoms with van der Waals surface area (Å²) in [7, 11) is 3.65. The lowest BCUT2D eigenvalue weighted by atomic mass is 10.1. The van der Waals surface area contributed by atoms with Gasteiger partial charge in [-0.05, 0) is 26.1 Å². The number of likely N-dealkylation sites (N-methyl/N-ethyl adjacent to an activating group) is 1. The summed E-state index contributed by atoms with van der Waals surface area (Å²) >= 11 is 0. The molecule has 3 aromatic rings. The molecule has 1 atom stereocenters. The number of hydrogen-bond acceptors (Lipinski definition) is 5. The maximum atomic E-state index is 12.2. The molecule has 0 fully saturated rings. The summed E-state index contributed by atoms with van der Waals surface area (Å²) in [6.45, 7) is 2.94. The van der Waals surface area contributed by atoms with Crippen LogP contribution in [0.3, 0.4) is 0 Å². The molecular formula is C17H21N5O2. The molecule has 0 spiro atoms. The van der Waals surface area contributed by atoms with E-state index in [0.717, 1.165) is 17.1 Å². The van der Waals surface area contributed by atoms with Crippen molar-refractivity contribution < 1.29 is 4.74 Å². The first kappa shape index (κ1) is 16.4. The van der Waals surface area contributed by atoms with Crippen molar-refractivity contribution in [3.63, 3.8) is 0 Å². The van der Waals surface area contributed by atoms with Gasteiger partial charge < -0.3 is 4.74 Å². The molecule has 126 valence electrons. The fraction of sp³-hybridized carbons (Fsp3) is 0.353. The Morgan fingerprint density at radius 3 is 2.92 bits per heavy atom. The number of ether oxygens (including phenoxy) is 1. The summed E-state index contributed by atoms with van der Waals surface area (Å²) in [6, 6.07) is 9.22. The van der Waals surface area contributed by atoms with Crippen molar-refractivity contribution in [2.45, 2.75) is 19.5 Å². The molecule has 1 N–H and O–H groups in total. The second-order valence-electron chi connectivity index (χ2n) is 5.86. The molecule has 0 bridgehead atoms. The number of nitrogens with one attached hydrogen (secondary N) is 1. The average molecular weight is 327 g/mol. The van der Waals surface area contributed by atoms with Crippen LogP contribution in [0.2, 0.25) is 0 Å². The maximum absolute atomic E-state index is 12.2. The zero-order valence-electron chi connectivity index (χ0n) is 14.1. The van der Waals surface area contributed by atoms with Gasteiger partial charge in [0.25, 0.3) is 5.56 Å². The van der Waals surface area contributed by atoms with E-state index in [0.29, 0.717) is 18.8 Å². The highest BCUT2D eigenvalue weighted by atomic mass is 16.5. The van der Waals surface area contributed by atoms with Crippen molar-refractivity contribution >= 4 is 5.65 Å². The number of fused-ring (bicyclic) bond motifs is 1. The van der Waals surface area contributed by atoms with Gasteiger partial charge in [-0.25, -0.2) is 9.50 Å². The molecule has 0 saturated carbocycles. The van der Waals surface area contributed by atoms with Crippen LogP contribution < -0.4 is 5.56 Å². The van der Waals surface area contributed by atoms with E-state index >= 15 is 0 Å². The molecular weight excluding hydrogens is 306 g/mol. The molecule has 7 nitrogen and oxygen atoms in total. The summed E-state index contributed by atoms with van der Waals surface area (Å²) in [5, 5.41) is 2.97. The highest BCUT2D eigenvalue weighted by Crippen LogP contribution is 2.19. The molecule has 3 heterocycles. The highest BCUT2D eigenvalue weighted by Gasteiger charge is 2.19. The number of hydrogen-bond donors (Lipinski definition) is 1. The van der Waals surface area contributed by atoms with Crippen LogP contribution in [0, 0.1) is 6.92 Å². The van der Waals surface area contributed by atoms with Crippen molar-refractivity contribution in [3.05, 3.63) is 64.0 Å². The van der Waals surface area contributed by atoms with Crippen molar-refractivity contribution in [2.75, 3.05) is 20.8 Å². The van der Waals surface area contributed by atoms with Crippen LogP contribution in [0.1, 0.15) is 23.1 Å². The summed E-state index contributed by atoms with van der Waals surface area (Å²) < 4.78 is 6.79. The minimum Gasteiger partial charge on any atom is -0.383 e. The van der Waals surface area contributed by atoms with E-state index in [-0.39, 0.29) is 11.6 Å². The van der Waals surface area contributed by atoms with E-state index in [1.807, 2.05) is 38.2 Å². The fourth-order valence-electron chi connectivity index (χ4n) is 2.78. The zero-order chi connectivity index (χ0) is 17.1. The van der Waals surface area contributed by atoms with E-state index in [2.05, 4.69) is 20.0 Å². The Morgan fingerprint density at radius 2 is 2.21 bits per heavy atom. The quantitative estimate of drug-likeness (QED) is 0.743. The number of aromatic amines is 1. The SMILES string of the molecule is COCC(c1ccccn1)N(C)Cc1cc(=O)n2[nH]c(C)cc2n1. The van der Waals surface area contributed by atoms with Gasteiger partial charge in [0.15, 0.2) is 5.65 Å². The second kappa shape index (κ2) is 6.94. The summed E-state index contributed by atoms with van der Waals surface area (Å²) in [5.74, 6) is 0. The van der Waals surface area contributed by atoms with Crippen molar-refractivity contribution in [3.8, 4) is 0 Å². The summed E-state index contributed by atoms with van der Waals surface area (Å²) in [5.41, 5.74) is 3.06. The normalized spacial score (nSPS) is 12.8. The monoisotopic (exact) mass is 327 g/mol. The van der Waals surface area contributed by atoms with Gasteiger partial charge in [-0.2, -0.15) is 0 Å². The van der Waals surface area contributed by atoms with Crippen molar-refractivity contribution in [1.29, 1.82) is 0 Å². The van der Waals surface area contributed by atoms with Crippen LogP contribution in [0.5, 0.6) is 0 Å².